The SMILES string of the molecule is O=C(/C=C\c1ccc2cccc(O)c2n1)N1CCN(CCOc2no[n+]([O-])c2S(=O)(=O)c2ccccc2)CC1. The van der Waals surface area contributed by atoms with E-state index in [2.05, 4.69) is 19.7 Å². The van der Waals surface area contributed by atoms with Crippen LogP contribution < -0.4 is 9.64 Å². The number of phenols is 1. The standard InChI is InChI=1S/C26H25N5O7S/c32-22-8-4-5-19-9-10-20(27-24(19)22)11-12-23(33)30-15-13-29(14-16-30)17-18-37-25-26(31(34)38-28-25)39(35,36)21-6-2-1-3-7-21/h1-12,32H,13-18H2/b12-11-. The molecule has 1 saturated heterocycles. The lowest BCUT2D eigenvalue weighted by atomic mass is 10.2. The highest BCUT2D eigenvalue weighted by atomic mass is 32.2. The van der Waals surface area contributed by atoms with Crippen LogP contribution in [0.3, 0.4) is 0 Å². The lowest BCUT2D eigenvalue weighted by molar-refractivity contribution is -0.832. The fourth-order valence-electron chi connectivity index (χ4n) is 4.21. The minimum atomic E-state index is -4.18. The third-order valence-electron chi connectivity index (χ3n) is 6.30. The van der Waals surface area contributed by atoms with E-state index in [0.29, 0.717) is 43.9 Å². The molecule has 2 aromatic heterocycles. The normalized spacial score (nSPS) is 14.7. The number of pyridine rings is 1. The largest absolute Gasteiger partial charge is 0.506 e. The molecule has 0 aliphatic carbocycles. The topological polar surface area (TPSA) is 153 Å². The van der Waals surface area contributed by atoms with Crippen LogP contribution >= 0.6 is 0 Å². The zero-order valence-corrected chi connectivity index (χ0v) is 21.5. The summed E-state index contributed by atoms with van der Waals surface area (Å²) in [4.78, 5) is 20.6. The van der Waals surface area contributed by atoms with E-state index in [1.807, 2.05) is 12.1 Å². The van der Waals surface area contributed by atoms with Crippen molar-refractivity contribution >= 4 is 32.7 Å². The van der Waals surface area contributed by atoms with Gasteiger partial charge in [-0.05, 0) is 35.2 Å². The monoisotopic (exact) mass is 551 g/mol. The van der Waals surface area contributed by atoms with E-state index >= 15 is 0 Å². The molecule has 0 unspecified atom stereocenters. The van der Waals surface area contributed by atoms with E-state index in [-0.39, 0.29) is 28.1 Å². The van der Waals surface area contributed by atoms with Crippen molar-refractivity contribution in [2.45, 2.75) is 9.92 Å². The van der Waals surface area contributed by atoms with Crippen molar-refractivity contribution < 1.29 is 32.6 Å². The summed E-state index contributed by atoms with van der Waals surface area (Å²) in [6, 6.07) is 16.3. The molecule has 12 nitrogen and oxygen atoms in total. The molecule has 0 saturated carbocycles. The van der Waals surface area contributed by atoms with Crippen LogP contribution in [0.2, 0.25) is 0 Å². The Morgan fingerprint density at radius 3 is 2.62 bits per heavy atom. The molecule has 1 N–H and O–H groups in total. The molecule has 202 valence electrons. The minimum absolute atomic E-state index is 0.0676. The first-order chi connectivity index (χ1) is 18.8. The Morgan fingerprint density at radius 1 is 1.08 bits per heavy atom. The first-order valence-corrected chi connectivity index (χ1v) is 13.6. The van der Waals surface area contributed by atoms with Gasteiger partial charge in [0.2, 0.25) is 5.91 Å². The van der Waals surface area contributed by atoms with Crippen LogP contribution in [-0.2, 0) is 14.6 Å². The van der Waals surface area contributed by atoms with E-state index in [1.54, 1.807) is 47.4 Å². The van der Waals surface area contributed by atoms with E-state index in [1.165, 1.54) is 18.2 Å². The lowest BCUT2D eigenvalue weighted by Gasteiger charge is -2.33. The third-order valence-corrected chi connectivity index (χ3v) is 8.03. The Bertz CT molecular complexity index is 1610. The van der Waals surface area contributed by atoms with Gasteiger partial charge in [0.25, 0.3) is 9.84 Å². The van der Waals surface area contributed by atoms with Crippen molar-refractivity contribution in [3.05, 3.63) is 77.6 Å². The minimum Gasteiger partial charge on any atom is -0.506 e. The third kappa shape index (κ3) is 5.68. The van der Waals surface area contributed by atoms with Gasteiger partial charge in [0, 0.05) is 44.2 Å². The van der Waals surface area contributed by atoms with Crippen molar-refractivity contribution in [1.82, 2.24) is 19.9 Å². The van der Waals surface area contributed by atoms with Gasteiger partial charge in [-0.25, -0.2) is 13.4 Å². The van der Waals surface area contributed by atoms with E-state index < -0.39 is 20.7 Å². The van der Waals surface area contributed by atoms with Gasteiger partial charge in [0.1, 0.15) is 17.9 Å². The van der Waals surface area contributed by atoms with Crippen LogP contribution in [0.5, 0.6) is 11.6 Å². The number of aromatic nitrogens is 3. The zero-order chi connectivity index (χ0) is 27.4. The molecule has 5 rings (SSSR count). The molecule has 1 amide bonds. The van der Waals surface area contributed by atoms with E-state index in [4.69, 9.17) is 4.74 Å². The van der Waals surface area contributed by atoms with E-state index in [0.717, 1.165) is 5.39 Å². The highest BCUT2D eigenvalue weighted by Crippen LogP contribution is 2.25. The van der Waals surface area contributed by atoms with Crippen LogP contribution in [0.4, 0.5) is 0 Å². The van der Waals surface area contributed by atoms with Crippen molar-refractivity contribution in [2.75, 3.05) is 39.3 Å². The van der Waals surface area contributed by atoms with Gasteiger partial charge in [-0.3, -0.25) is 14.3 Å². The second kappa shape index (κ2) is 11.1. The maximum Gasteiger partial charge on any atom is 0.415 e. The number of phenolic OH excluding ortho intramolecular Hbond substituents is 1. The van der Waals surface area contributed by atoms with Crippen molar-refractivity contribution in [3.8, 4) is 11.6 Å². The number of carbonyl (C=O) groups excluding carboxylic acids is 1. The first-order valence-electron chi connectivity index (χ1n) is 12.1. The van der Waals surface area contributed by atoms with Gasteiger partial charge < -0.3 is 20.0 Å². The Morgan fingerprint density at radius 2 is 1.85 bits per heavy atom. The second-order valence-corrected chi connectivity index (χ2v) is 10.7. The van der Waals surface area contributed by atoms with Crippen molar-refractivity contribution in [2.24, 2.45) is 0 Å². The maximum atomic E-state index is 12.8. The molecule has 1 aliphatic rings. The number of para-hydroxylation sites is 1. The molecule has 0 spiro atoms. The lowest BCUT2D eigenvalue weighted by Crippen LogP contribution is -2.49. The summed E-state index contributed by atoms with van der Waals surface area (Å²) in [7, 11) is -4.18. The molecule has 3 heterocycles. The van der Waals surface area contributed by atoms with Gasteiger partial charge in [-0.2, -0.15) is 0 Å². The number of rotatable bonds is 8. The molecular weight excluding hydrogens is 526 g/mol. The first kappa shape index (κ1) is 26.1. The Labute approximate surface area is 223 Å². The summed E-state index contributed by atoms with van der Waals surface area (Å²) in [5.41, 5.74) is 1.04. The number of benzene rings is 2. The number of amides is 1. The van der Waals surface area contributed by atoms with Crippen LogP contribution in [0.25, 0.3) is 17.0 Å². The summed E-state index contributed by atoms with van der Waals surface area (Å²) in [6.07, 6.45) is 3.08. The average molecular weight is 552 g/mol. The number of sulfone groups is 1. The quantitative estimate of drug-likeness (QED) is 0.252. The molecule has 0 atom stereocenters. The molecule has 39 heavy (non-hydrogen) atoms. The number of nitrogens with zero attached hydrogens (tertiary/aromatic N) is 5. The summed E-state index contributed by atoms with van der Waals surface area (Å²) in [5.74, 6) is -0.467. The van der Waals surface area contributed by atoms with E-state index in [9.17, 15) is 23.5 Å². The predicted molar refractivity (Wildman–Crippen MR) is 138 cm³/mol. The van der Waals surface area contributed by atoms with Gasteiger partial charge in [0.15, 0.2) is 0 Å². The number of fused-ring (bicyclic) bond motifs is 1. The summed E-state index contributed by atoms with van der Waals surface area (Å²) < 4.78 is 35.7. The molecule has 1 fully saturated rings. The fourth-order valence-corrected chi connectivity index (χ4v) is 5.50. The van der Waals surface area contributed by atoms with Crippen LogP contribution in [0.1, 0.15) is 5.69 Å². The number of carbonyl (C=O) groups is 1. The smallest absolute Gasteiger partial charge is 0.415 e. The molecular formula is C26H25N5O7S. The number of piperazine rings is 1. The molecule has 0 radical (unpaired) electrons. The second-order valence-electron chi connectivity index (χ2n) is 8.79. The van der Waals surface area contributed by atoms with Crippen LogP contribution in [0.15, 0.2) is 81.3 Å². The Hall–Kier alpha value is -4.49. The molecule has 4 aromatic rings. The van der Waals surface area contributed by atoms with Gasteiger partial charge >= 0.3 is 10.9 Å². The van der Waals surface area contributed by atoms with Crippen molar-refractivity contribution in [1.29, 1.82) is 0 Å². The number of hydrogen-bond donors (Lipinski definition) is 1. The molecule has 2 aromatic carbocycles. The molecule has 13 heteroatoms. The zero-order valence-electron chi connectivity index (χ0n) is 20.7. The van der Waals surface area contributed by atoms with Crippen LogP contribution in [-0.4, -0.2) is 78.7 Å². The van der Waals surface area contributed by atoms with Gasteiger partial charge in [0.05, 0.1) is 15.7 Å². The highest BCUT2D eigenvalue weighted by Gasteiger charge is 2.35. The van der Waals surface area contributed by atoms with Crippen LogP contribution in [0, 0.1) is 5.21 Å². The Kier molecular flexibility index (Phi) is 7.43. The molecule has 0 bridgehead atoms. The highest BCUT2D eigenvalue weighted by molar-refractivity contribution is 7.91. The number of hydrogen-bond acceptors (Lipinski definition) is 10. The summed E-state index contributed by atoms with van der Waals surface area (Å²) in [5, 5.41) is 25.6. The average Bonchev–Trinajstić information content (AvgIpc) is 3.33. The fraction of sp³-hybridized carbons (Fsp3) is 0.231. The van der Waals surface area contributed by atoms with Gasteiger partial charge in [-0.15, -0.1) is 0 Å². The summed E-state index contributed by atoms with van der Waals surface area (Å²) >= 11 is 0. The number of ether oxygens (including phenoxy) is 1. The predicted octanol–water partition coefficient (Wildman–Crippen LogP) is 1.63. The van der Waals surface area contributed by atoms with Gasteiger partial charge in [-0.1, -0.05) is 36.4 Å². The maximum absolute atomic E-state index is 12.8. The molecule has 1 aliphatic heterocycles. The summed E-state index contributed by atoms with van der Waals surface area (Å²) in [6.45, 7) is 2.65. The van der Waals surface area contributed by atoms with Crippen molar-refractivity contribution in [3.63, 3.8) is 0 Å². The Balaban J connectivity index is 1.12. The number of aromatic hydroxyl groups is 1.